The van der Waals surface area contributed by atoms with Gasteiger partial charge in [0, 0.05) is 26.4 Å². The first-order valence-electron chi connectivity index (χ1n) is 6.26. The van der Waals surface area contributed by atoms with Crippen LogP contribution in [0.15, 0.2) is 46.2 Å². The molecule has 2 aromatic carbocycles. The molecule has 0 saturated heterocycles. The van der Waals surface area contributed by atoms with Gasteiger partial charge in [0.05, 0.1) is 5.02 Å². The first-order valence-corrected chi connectivity index (χ1v) is 7.46. The van der Waals surface area contributed by atoms with Crippen molar-refractivity contribution in [2.45, 2.75) is 23.6 Å². The van der Waals surface area contributed by atoms with Gasteiger partial charge in [-0.2, -0.15) is 0 Å². The third-order valence-electron chi connectivity index (χ3n) is 3.19. The Labute approximate surface area is 126 Å². The fourth-order valence-electron chi connectivity index (χ4n) is 2.21. The average molecular weight is 306 g/mol. The molecule has 0 aliphatic rings. The highest BCUT2D eigenvalue weighted by Crippen LogP contribution is 2.37. The zero-order valence-corrected chi connectivity index (χ0v) is 12.7. The van der Waals surface area contributed by atoms with E-state index in [9.17, 15) is 4.39 Å². The molecule has 3 rings (SSSR count). The van der Waals surface area contributed by atoms with Crippen LogP contribution in [0.1, 0.15) is 11.3 Å². The number of halogens is 2. The first-order chi connectivity index (χ1) is 9.54. The van der Waals surface area contributed by atoms with E-state index in [1.54, 1.807) is 23.9 Å². The van der Waals surface area contributed by atoms with Crippen LogP contribution >= 0.6 is 23.4 Å². The molecule has 102 valence electrons. The Morgan fingerprint density at radius 1 is 1.10 bits per heavy atom. The molecule has 0 radical (unpaired) electrons. The predicted molar refractivity (Wildman–Crippen MR) is 83.3 cm³/mol. The number of hydrogen-bond donors (Lipinski definition) is 1. The SMILES string of the molecule is Cc1ccc2[nH]c(C)c(Sc3ccc(F)c(Cl)c3)c2c1. The largest absolute Gasteiger partial charge is 0.358 e. The normalized spacial score (nSPS) is 11.2. The predicted octanol–water partition coefficient (Wildman–Crippen LogP) is 5.73. The van der Waals surface area contributed by atoms with Gasteiger partial charge in [0.2, 0.25) is 0 Å². The summed E-state index contributed by atoms with van der Waals surface area (Å²) in [5, 5.41) is 1.34. The molecular formula is C16H13ClFNS. The quantitative estimate of drug-likeness (QED) is 0.639. The lowest BCUT2D eigenvalue weighted by Gasteiger charge is -2.03. The Balaban J connectivity index is 2.07. The number of hydrogen-bond acceptors (Lipinski definition) is 1. The molecule has 0 amide bonds. The summed E-state index contributed by atoms with van der Waals surface area (Å²) in [6.07, 6.45) is 0. The molecule has 0 fully saturated rings. The smallest absolute Gasteiger partial charge is 0.141 e. The minimum absolute atomic E-state index is 0.156. The molecule has 0 aliphatic carbocycles. The van der Waals surface area contributed by atoms with Crippen molar-refractivity contribution >= 4 is 34.3 Å². The number of fused-ring (bicyclic) bond motifs is 1. The van der Waals surface area contributed by atoms with Crippen LogP contribution in [0.4, 0.5) is 4.39 Å². The topological polar surface area (TPSA) is 15.8 Å². The zero-order chi connectivity index (χ0) is 14.3. The molecule has 1 nitrogen and oxygen atoms in total. The fourth-order valence-corrected chi connectivity index (χ4v) is 3.48. The number of benzene rings is 2. The maximum atomic E-state index is 13.2. The van der Waals surface area contributed by atoms with Gasteiger partial charge in [-0.05, 0) is 44.2 Å². The Morgan fingerprint density at radius 2 is 1.90 bits per heavy atom. The molecule has 1 heterocycles. The van der Waals surface area contributed by atoms with Crippen molar-refractivity contribution in [2.24, 2.45) is 0 Å². The summed E-state index contributed by atoms with van der Waals surface area (Å²) in [6.45, 7) is 4.12. The molecule has 3 aromatic rings. The Hall–Kier alpha value is -1.45. The summed E-state index contributed by atoms with van der Waals surface area (Å²) in [5.41, 5.74) is 3.44. The van der Waals surface area contributed by atoms with E-state index in [0.717, 1.165) is 21.0 Å². The summed E-state index contributed by atoms with van der Waals surface area (Å²) in [7, 11) is 0. The van der Waals surface area contributed by atoms with Crippen molar-refractivity contribution in [3.63, 3.8) is 0 Å². The summed E-state index contributed by atoms with van der Waals surface area (Å²) in [4.78, 5) is 5.46. The van der Waals surface area contributed by atoms with Gasteiger partial charge in [0.1, 0.15) is 5.82 Å². The van der Waals surface area contributed by atoms with Crippen molar-refractivity contribution in [3.8, 4) is 0 Å². The van der Waals surface area contributed by atoms with Crippen molar-refractivity contribution < 1.29 is 4.39 Å². The van der Waals surface area contributed by atoms with E-state index in [2.05, 4.69) is 30.1 Å². The van der Waals surface area contributed by atoms with Crippen LogP contribution in [-0.2, 0) is 0 Å². The molecule has 0 atom stereocenters. The van der Waals surface area contributed by atoms with Crippen LogP contribution in [0.25, 0.3) is 10.9 Å². The van der Waals surface area contributed by atoms with E-state index in [1.165, 1.54) is 17.0 Å². The Morgan fingerprint density at radius 3 is 2.65 bits per heavy atom. The fraction of sp³-hybridized carbons (Fsp3) is 0.125. The second kappa shape index (κ2) is 5.15. The van der Waals surface area contributed by atoms with Crippen molar-refractivity contribution in [1.29, 1.82) is 0 Å². The van der Waals surface area contributed by atoms with Crippen molar-refractivity contribution in [2.75, 3.05) is 0 Å². The van der Waals surface area contributed by atoms with E-state index < -0.39 is 0 Å². The monoisotopic (exact) mass is 305 g/mol. The number of aryl methyl sites for hydroxylation is 2. The number of nitrogens with one attached hydrogen (secondary N) is 1. The van der Waals surface area contributed by atoms with Crippen LogP contribution in [-0.4, -0.2) is 4.98 Å². The first kappa shape index (κ1) is 13.5. The Bertz CT molecular complexity index is 795. The van der Waals surface area contributed by atoms with E-state index in [-0.39, 0.29) is 10.8 Å². The molecule has 0 spiro atoms. The summed E-state index contributed by atoms with van der Waals surface area (Å²) >= 11 is 7.44. The minimum atomic E-state index is -0.387. The maximum Gasteiger partial charge on any atom is 0.141 e. The highest BCUT2D eigenvalue weighted by atomic mass is 35.5. The van der Waals surface area contributed by atoms with Gasteiger partial charge in [0.15, 0.2) is 0 Å². The third kappa shape index (κ3) is 2.43. The standard InChI is InChI=1S/C16H13ClFNS/c1-9-3-6-15-12(7-9)16(10(2)19-15)20-11-4-5-14(18)13(17)8-11/h3-8,19H,1-2H3. The number of rotatable bonds is 2. The number of aromatic amines is 1. The van der Waals surface area contributed by atoms with E-state index in [1.807, 2.05) is 6.92 Å². The van der Waals surface area contributed by atoms with Gasteiger partial charge in [-0.1, -0.05) is 35.0 Å². The molecule has 1 aromatic heterocycles. The van der Waals surface area contributed by atoms with Gasteiger partial charge < -0.3 is 4.98 Å². The Kier molecular flexibility index (Phi) is 3.48. The van der Waals surface area contributed by atoms with Gasteiger partial charge >= 0.3 is 0 Å². The molecule has 0 aliphatic heterocycles. The van der Waals surface area contributed by atoms with E-state index in [0.29, 0.717) is 0 Å². The molecule has 0 unspecified atom stereocenters. The van der Waals surface area contributed by atoms with E-state index in [4.69, 9.17) is 11.6 Å². The van der Waals surface area contributed by atoms with Crippen LogP contribution < -0.4 is 0 Å². The van der Waals surface area contributed by atoms with Crippen molar-refractivity contribution in [3.05, 3.63) is 58.5 Å². The van der Waals surface area contributed by atoms with E-state index >= 15 is 0 Å². The zero-order valence-electron chi connectivity index (χ0n) is 11.1. The van der Waals surface area contributed by atoms with Crippen LogP contribution in [0, 0.1) is 19.7 Å². The number of H-pyrrole nitrogens is 1. The second-order valence-electron chi connectivity index (χ2n) is 4.81. The average Bonchev–Trinajstić information content (AvgIpc) is 2.70. The van der Waals surface area contributed by atoms with Crippen molar-refractivity contribution in [1.82, 2.24) is 4.98 Å². The molecule has 20 heavy (non-hydrogen) atoms. The molecule has 0 bridgehead atoms. The van der Waals surface area contributed by atoms with Gasteiger partial charge in [-0.15, -0.1) is 0 Å². The van der Waals surface area contributed by atoms with Gasteiger partial charge in [0.25, 0.3) is 0 Å². The second-order valence-corrected chi connectivity index (χ2v) is 6.30. The lowest BCUT2D eigenvalue weighted by atomic mass is 10.2. The van der Waals surface area contributed by atoms with Crippen LogP contribution in [0.3, 0.4) is 0 Å². The summed E-state index contributed by atoms with van der Waals surface area (Å²) in [6, 6.07) is 11.1. The lowest BCUT2D eigenvalue weighted by molar-refractivity contribution is 0.627. The minimum Gasteiger partial charge on any atom is -0.358 e. The number of aromatic nitrogens is 1. The maximum absolute atomic E-state index is 13.2. The third-order valence-corrected chi connectivity index (χ3v) is 4.70. The molecule has 4 heteroatoms. The van der Waals surface area contributed by atoms with Gasteiger partial charge in [-0.25, -0.2) is 4.39 Å². The highest BCUT2D eigenvalue weighted by Gasteiger charge is 2.11. The summed E-state index contributed by atoms with van der Waals surface area (Å²) in [5.74, 6) is -0.387. The van der Waals surface area contributed by atoms with Crippen LogP contribution in [0.5, 0.6) is 0 Å². The summed E-state index contributed by atoms with van der Waals surface area (Å²) < 4.78 is 13.2. The lowest BCUT2D eigenvalue weighted by Crippen LogP contribution is -1.80. The molecule has 0 saturated carbocycles. The molecule has 1 N–H and O–H groups in total. The van der Waals surface area contributed by atoms with Gasteiger partial charge in [-0.3, -0.25) is 0 Å². The molecular weight excluding hydrogens is 293 g/mol. The van der Waals surface area contributed by atoms with Crippen LogP contribution in [0.2, 0.25) is 5.02 Å². The highest BCUT2D eigenvalue weighted by molar-refractivity contribution is 7.99.